The van der Waals surface area contributed by atoms with Crippen LogP contribution in [-0.2, 0) is 15.9 Å². The van der Waals surface area contributed by atoms with Crippen molar-refractivity contribution in [2.24, 2.45) is 0 Å². The van der Waals surface area contributed by atoms with Gasteiger partial charge in [0.1, 0.15) is 39.8 Å². The average Bonchev–Trinajstić information content (AvgIpc) is 1.63. The fourth-order valence-corrected chi connectivity index (χ4v) is 25.7. The number of aromatic nitrogens is 14. The number of H-pyrrole nitrogens is 1. The van der Waals surface area contributed by atoms with Gasteiger partial charge in [-0.05, 0) is 223 Å². The van der Waals surface area contributed by atoms with Crippen LogP contribution in [0.3, 0.4) is 0 Å². The minimum absolute atomic E-state index is 0. The summed E-state index contributed by atoms with van der Waals surface area (Å²) in [6.07, 6.45) is 26.0. The molecule has 724 valence electrons. The molecule has 0 unspecified atom stereocenters. The van der Waals surface area contributed by atoms with Crippen molar-refractivity contribution in [1.29, 1.82) is 0 Å². The van der Waals surface area contributed by atoms with Crippen LogP contribution in [0.15, 0.2) is 413 Å². The minimum Gasteiger partial charge on any atom is -0.424 e. The summed E-state index contributed by atoms with van der Waals surface area (Å²) in [5.74, 6) is 2.19. The van der Waals surface area contributed by atoms with E-state index in [0.717, 1.165) is 69.4 Å². The van der Waals surface area contributed by atoms with Gasteiger partial charge < -0.3 is 31.9 Å². The SMILES string of the molecule is CC(C)(C)[Si](C)(C)n1ccc2cc(-c3ccccc3Oc3ncccn3)cnc21.CC(C)(C)[Si](C)(C)n1ccc2cc(Br)cnc21.Cc1cnc2c(ccn2[Si](C)(C)C(C)(C)C)c1.Cl.Ic1ccccc1Oc1ncccn1.[Cl][Pd][Cl].c1ccc(P(c2ccccc2)c2ccccc2)cc1.c1ccc(P(c2ccccc2)c2ccccc2)cc1.c1cnc(Oc2ccccc2-c2cnc3[nH]ccc3c2)nc1. The van der Waals surface area contributed by atoms with E-state index in [9.17, 15) is 0 Å². The standard InChI is InChI=1S/C23H26N4OSi.2C18H15P.C17H12N4O.C14H22N2Si.C13H19BrN2Si.C10H7IN2O.3ClH.Pd/c1-23(2,3)29(4,5)27-14-11-17-15-18(16-26-21(17)27)19-9-6-7-10-20(19)28-22-24-12-8-13-25-22;2*1-4-10-16(11-5-1)19(17-12-6-2-7-13-17)18-14-8-3-9-15-18;1-2-5-15(22-17-19-7-3-8-20-17)14(4-1)13-10-12-6-9-18-16(12)21-11-13;1-11-9-12-7-8-16(13(12)15-10-11)17(5,6)14(2,3)4;1-13(2,3)17(4,5)16-7-6-10-8-11(14)9-15-12(10)16;11-8-4-1-2-5-9(8)14-10-12-6-3-7-13-10;;;;/h6-16H,1-5H3;2*1-15H;1-11H,(H,18,21);7-10H,1-6H3;6-9H,1-5H3;1-7H;3*1H;/q;;;;;;;;;;+2/p-2. The first-order chi connectivity index (χ1) is 67.3. The molecule has 0 atom stereocenters. The van der Waals surface area contributed by atoms with Crippen LogP contribution < -0.4 is 46.0 Å². The van der Waals surface area contributed by atoms with E-state index in [4.69, 9.17) is 38.3 Å². The minimum atomic E-state index is -1.74. The van der Waals surface area contributed by atoms with E-state index in [2.05, 4.69) is 453 Å². The second-order valence-electron chi connectivity index (χ2n) is 37.3. The maximum absolute atomic E-state index is 5.93. The van der Waals surface area contributed by atoms with E-state index in [-0.39, 0.29) is 33.4 Å². The molecular weight excluding hydrogens is 2170 g/mol. The van der Waals surface area contributed by atoms with Crippen molar-refractivity contribution in [2.75, 3.05) is 0 Å². The molecule has 11 aromatic heterocycles. The third-order valence-corrected chi connectivity index (χ3v) is 46.9. The maximum Gasteiger partial charge on any atom is 0.321 e. The summed E-state index contributed by atoms with van der Waals surface area (Å²) in [7, 11) is 3.87. The van der Waals surface area contributed by atoms with Crippen LogP contribution in [0.4, 0.5) is 0 Å². The van der Waals surface area contributed by atoms with Gasteiger partial charge in [-0.15, -0.1) is 12.4 Å². The second kappa shape index (κ2) is 51.0. The van der Waals surface area contributed by atoms with Gasteiger partial charge >= 0.3 is 53.0 Å². The van der Waals surface area contributed by atoms with Gasteiger partial charge in [-0.2, -0.15) is 0 Å². The Morgan fingerprint density at radius 1 is 0.333 bits per heavy atom. The zero-order chi connectivity index (χ0) is 99.5. The summed E-state index contributed by atoms with van der Waals surface area (Å²) in [5, 5.41) is 13.9. The van der Waals surface area contributed by atoms with Gasteiger partial charge in [-0.1, -0.05) is 332 Å². The third-order valence-electron chi connectivity index (χ3n) is 24.9. The number of hydrogen-bond acceptors (Lipinski definition) is 13. The van der Waals surface area contributed by atoms with Gasteiger partial charge in [0, 0.05) is 116 Å². The van der Waals surface area contributed by atoms with Gasteiger partial charge in [0.05, 0.1) is 3.57 Å². The maximum atomic E-state index is 5.93. The summed E-state index contributed by atoms with van der Waals surface area (Å²) >= 11 is 5.57. The second-order valence-corrected chi connectivity index (χ2v) is 61.5. The molecule has 9 aromatic carbocycles. The predicted molar refractivity (Wildman–Crippen MR) is 611 cm³/mol. The molecule has 0 saturated heterocycles. The van der Waals surface area contributed by atoms with Crippen LogP contribution in [0.5, 0.6) is 35.3 Å². The van der Waals surface area contributed by atoms with Crippen molar-refractivity contribution >= 4 is 186 Å². The summed E-state index contributed by atoms with van der Waals surface area (Å²) in [4.78, 5) is 46.0. The Balaban J connectivity index is 0.000000148. The van der Waals surface area contributed by atoms with Crippen LogP contribution in [0.2, 0.25) is 54.4 Å². The summed E-state index contributed by atoms with van der Waals surface area (Å²) in [6, 6.07) is 111. The van der Waals surface area contributed by atoms with E-state index in [0.29, 0.717) is 39.6 Å². The van der Waals surface area contributed by atoms with Crippen LogP contribution in [0.25, 0.3) is 66.4 Å². The number of ether oxygens (including phenoxy) is 3. The molecule has 0 aliphatic heterocycles. The number of hydrogen-bond donors (Lipinski definition) is 1. The van der Waals surface area contributed by atoms with Crippen molar-refractivity contribution in [3.8, 4) is 57.5 Å². The number of halogens is 5. The molecule has 0 aliphatic carbocycles. The smallest absolute Gasteiger partial charge is 0.321 e. The average molecular weight is 2290 g/mol. The first-order valence-corrected chi connectivity index (χ1v) is 63.2. The van der Waals surface area contributed by atoms with E-state index in [1.165, 1.54) is 48.2 Å². The van der Waals surface area contributed by atoms with E-state index < -0.39 is 40.5 Å². The van der Waals surface area contributed by atoms with Crippen molar-refractivity contribution in [3.63, 3.8) is 0 Å². The van der Waals surface area contributed by atoms with Gasteiger partial charge in [0.15, 0.2) is 24.7 Å². The van der Waals surface area contributed by atoms with Crippen LogP contribution >= 0.6 is 85.8 Å². The molecule has 1 N–H and O–H groups in total. The predicted octanol–water partition coefficient (Wildman–Crippen LogP) is 30.4. The Labute approximate surface area is 878 Å². The largest absolute Gasteiger partial charge is 0.424 e. The van der Waals surface area contributed by atoms with Crippen molar-refractivity contribution in [3.05, 3.63) is 422 Å². The number of rotatable bonds is 17. The molecule has 11 heterocycles. The quantitative estimate of drug-likeness (QED) is 0.0516. The molecule has 0 aliphatic rings. The fraction of sp³-hybridized carbons (Fsp3) is 0.168. The number of aryl methyl sites for hydroxylation is 1. The summed E-state index contributed by atoms with van der Waals surface area (Å²) < 4.78 is 26.5. The molecule has 28 heteroatoms. The topological polar surface area (TPSA) is 187 Å². The molecule has 0 spiro atoms. The summed E-state index contributed by atoms with van der Waals surface area (Å²) in [6.45, 7) is 37.4. The number of nitrogens with one attached hydrogen (secondary N) is 1. The molecule has 0 bridgehead atoms. The van der Waals surface area contributed by atoms with Gasteiger partial charge in [-0.25, -0.2) is 49.8 Å². The molecule has 0 amide bonds. The van der Waals surface area contributed by atoms with Crippen LogP contribution in [0, 0.1) is 10.5 Å². The van der Waals surface area contributed by atoms with Gasteiger partial charge in [0.2, 0.25) is 0 Å². The summed E-state index contributed by atoms with van der Waals surface area (Å²) in [5.41, 5.74) is 9.31. The molecule has 0 fully saturated rings. The Hall–Kier alpha value is -11.4. The third kappa shape index (κ3) is 28.8. The van der Waals surface area contributed by atoms with Crippen molar-refractivity contribution < 1.29 is 30.2 Å². The molecule has 20 rings (SSSR count). The normalized spacial score (nSPS) is 11.4. The Bertz CT molecular complexity index is 6870. The van der Waals surface area contributed by atoms with Crippen LogP contribution in [-0.4, -0.2) is 92.2 Å². The van der Waals surface area contributed by atoms with E-state index in [1.807, 2.05) is 110 Å². The Kier molecular flexibility index (Phi) is 39.3. The van der Waals surface area contributed by atoms with E-state index in [1.54, 1.807) is 55.4 Å². The van der Waals surface area contributed by atoms with Crippen LogP contribution in [0.1, 0.15) is 67.9 Å². The first kappa shape index (κ1) is 108. The zero-order valence-electron chi connectivity index (χ0n) is 81.9. The van der Waals surface area contributed by atoms with E-state index >= 15 is 0 Å². The molecule has 141 heavy (non-hydrogen) atoms. The number of para-hydroxylation sites is 3. The molecule has 0 saturated carbocycles. The molecule has 20 aromatic rings. The molecule has 17 nitrogen and oxygen atoms in total. The first-order valence-electron chi connectivity index (χ1n) is 45.8. The number of nitrogens with zero attached hydrogens (tertiary/aromatic N) is 13. The fourth-order valence-electron chi connectivity index (χ4n) is 14.6. The van der Waals surface area contributed by atoms with Gasteiger partial charge in [-0.3, -0.25) is 0 Å². The van der Waals surface area contributed by atoms with Crippen molar-refractivity contribution in [1.82, 2.24) is 67.5 Å². The van der Waals surface area contributed by atoms with Gasteiger partial charge in [0.25, 0.3) is 0 Å². The molecular formula is C113H117BrCl3IN14O3P2PdSi3. The van der Waals surface area contributed by atoms with Crippen molar-refractivity contribution in [2.45, 2.75) is 124 Å². The number of fused-ring (bicyclic) bond motifs is 4. The Morgan fingerprint density at radius 2 is 0.617 bits per heavy atom. The monoisotopic (exact) mass is 2280 g/mol. The molecule has 0 radical (unpaired) electrons. The number of aromatic amines is 1. The number of benzene rings is 9. The Morgan fingerprint density at radius 3 is 0.965 bits per heavy atom. The number of pyridine rings is 4. The zero-order valence-corrected chi connectivity index (χ0v) is 94.3.